The summed E-state index contributed by atoms with van der Waals surface area (Å²) in [4.78, 5) is 61.2. The molecular formula is C80H121N13O13S3. The van der Waals surface area contributed by atoms with E-state index in [0.29, 0.717) is 142 Å². The van der Waals surface area contributed by atoms with Crippen molar-refractivity contribution >= 4 is 65.2 Å². The molecule has 0 atom stereocenters. The van der Waals surface area contributed by atoms with Gasteiger partial charge in [0.15, 0.2) is 0 Å². The number of Topliss-reactive ketones (excluding diaryl/α,β-unsaturated/α-hetero) is 2. The maximum atomic E-state index is 13.2. The number of hydrogen-bond donors (Lipinski definition) is 1. The highest BCUT2D eigenvalue weighted by Gasteiger charge is 2.30. The van der Waals surface area contributed by atoms with E-state index < -0.39 is 30.1 Å². The Labute approximate surface area is 650 Å². The second-order valence-corrected chi connectivity index (χ2v) is 34.9. The van der Waals surface area contributed by atoms with Gasteiger partial charge in [0, 0.05) is 167 Å². The van der Waals surface area contributed by atoms with Crippen LogP contribution in [0.3, 0.4) is 0 Å². The number of sulfonamides is 3. The molecule has 29 heteroatoms. The average Bonchev–Trinajstić information content (AvgIpc) is 0.794. The molecule has 6 aromatic rings. The maximum absolute atomic E-state index is 13.2. The maximum Gasteiger partial charge on any atom is 0.294 e. The first-order chi connectivity index (χ1) is 51.9. The lowest BCUT2D eigenvalue weighted by Gasteiger charge is -2.33. The van der Waals surface area contributed by atoms with Gasteiger partial charge in [-0.1, -0.05) is 0 Å². The van der Waals surface area contributed by atoms with Crippen LogP contribution in [0.1, 0.15) is 97.6 Å². The average molecular weight is 1570 g/mol. The summed E-state index contributed by atoms with van der Waals surface area (Å²) in [6, 6.07) is 22.7. The van der Waals surface area contributed by atoms with Crippen LogP contribution in [0, 0.1) is 59.3 Å². The molecule has 3 saturated heterocycles. The molecule has 26 nitrogen and oxygen atoms in total. The predicted molar refractivity (Wildman–Crippen MR) is 432 cm³/mol. The number of pyridine rings is 3. The molecule has 2 N–H and O–H groups in total. The van der Waals surface area contributed by atoms with Crippen LogP contribution in [0.2, 0.25) is 0 Å². The van der Waals surface area contributed by atoms with Crippen molar-refractivity contribution in [3.8, 4) is 17.2 Å². The second-order valence-electron chi connectivity index (χ2n) is 29.0. The first-order valence-electron chi connectivity index (χ1n) is 37.5. The number of benzene rings is 3. The van der Waals surface area contributed by atoms with Gasteiger partial charge < -0.3 is 39.4 Å². The minimum atomic E-state index is -3.64. The number of nitrogens with two attached hydrogens (primary N) is 1. The Morgan fingerprint density at radius 1 is 0.431 bits per heavy atom. The van der Waals surface area contributed by atoms with E-state index in [1.54, 1.807) is 125 Å². The summed E-state index contributed by atoms with van der Waals surface area (Å²) in [7, 11) is 4.00. The van der Waals surface area contributed by atoms with Crippen LogP contribution in [-0.4, -0.2) is 254 Å². The lowest BCUT2D eigenvalue weighted by molar-refractivity contribution is -0.132. The molecule has 6 heterocycles. The van der Waals surface area contributed by atoms with Gasteiger partial charge in [0.2, 0.25) is 30.1 Å². The van der Waals surface area contributed by atoms with E-state index in [1.165, 1.54) is 49.9 Å². The van der Waals surface area contributed by atoms with E-state index in [2.05, 4.69) is 46.5 Å². The minimum absolute atomic E-state index is 0.123. The fourth-order valence-electron chi connectivity index (χ4n) is 14.0. The molecule has 0 radical (unpaired) electrons. The SMILES string of the molecule is COc1cc(C)c(S(=O)(=O)N(C)CCN(C)CC(=O)CCC2CCN(c3ccncc3)CC2)c(C)c1.COc1cc(C)c(S(=O)(=O)N(C)CCN(C)CC(=O)CCC2CCN(c3ccncc3)CC2)c(C)c1.COc1cc(C)c(S(=O)(=O)N(C)CCN(C)COC=O)c(C)c1.NCC1CCN(c2ccncc2)CC1. The summed E-state index contributed by atoms with van der Waals surface area (Å²) < 4.78 is 103. The monoisotopic (exact) mass is 1570 g/mol. The van der Waals surface area contributed by atoms with Crippen LogP contribution in [0.25, 0.3) is 0 Å². The van der Waals surface area contributed by atoms with Crippen LogP contribution >= 0.6 is 0 Å². The van der Waals surface area contributed by atoms with Gasteiger partial charge in [0.1, 0.15) is 35.5 Å². The van der Waals surface area contributed by atoms with Crippen LogP contribution in [0.5, 0.6) is 17.2 Å². The van der Waals surface area contributed by atoms with Gasteiger partial charge in [-0.25, -0.2) is 25.3 Å². The molecule has 0 unspecified atom stereocenters. The van der Waals surface area contributed by atoms with Crippen molar-refractivity contribution in [3.05, 3.63) is 143 Å². The van der Waals surface area contributed by atoms with Crippen molar-refractivity contribution in [2.24, 2.45) is 23.5 Å². The number of piperidine rings is 3. The molecule has 3 aromatic heterocycles. The van der Waals surface area contributed by atoms with Crippen molar-refractivity contribution in [2.45, 2.75) is 120 Å². The van der Waals surface area contributed by atoms with Gasteiger partial charge in [-0.2, -0.15) is 12.9 Å². The number of carbonyl (C=O) groups excluding carboxylic acids is 3. The van der Waals surface area contributed by atoms with E-state index >= 15 is 0 Å². The zero-order valence-corrected chi connectivity index (χ0v) is 69.5. The fourth-order valence-corrected chi connectivity index (χ4v) is 18.7. The third-order valence-electron chi connectivity index (χ3n) is 20.6. The fraction of sp³-hybridized carbons (Fsp3) is 0.550. The third kappa shape index (κ3) is 27.6. The largest absolute Gasteiger partial charge is 0.497 e. The van der Waals surface area contributed by atoms with Crippen LogP contribution in [0.15, 0.2) is 125 Å². The van der Waals surface area contributed by atoms with Crippen LogP contribution in [-0.2, 0) is 49.2 Å². The van der Waals surface area contributed by atoms with E-state index in [0.717, 1.165) is 90.3 Å². The number of hydrogen-bond acceptors (Lipinski definition) is 23. The Morgan fingerprint density at radius 2 is 0.688 bits per heavy atom. The Hall–Kier alpha value is -7.71. The number of ether oxygens (including phenoxy) is 4. The molecule has 3 aliphatic heterocycles. The molecule has 3 fully saturated rings. The molecule has 0 aliphatic carbocycles. The normalized spacial score (nSPS) is 14.8. The van der Waals surface area contributed by atoms with Crippen molar-refractivity contribution < 1.29 is 58.6 Å². The number of ketones is 2. The number of aromatic nitrogens is 3. The summed E-state index contributed by atoms with van der Waals surface area (Å²) in [5.74, 6) is 4.21. The topological polar surface area (TPSA) is 284 Å². The Balaban J connectivity index is 0.000000239. The Kier molecular flexibility index (Phi) is 36.7. The molecule has 3 aliphatic rings. The zero-order valence-electron chi connectivity index (χ0n) is 67.1. The number of carbonyl (C=O) groups is 3. The highest BCUT2D eigenvalue weighted by molar-refractivity contribution is 7.89. The van der Waals surface area contributed by atoms with E-state index in [9.17, 15) is 39.6 Å². The molecule has 109 heavy (non-hydrogen) atoms. The second kappa shape index (κ2) is 44.4. The lowest BCUT2D eigenvalue weighted by Crippen LogP contribution is -2.37. The number of aryl methyl sites for hydroxylation is 6. The van der Waals surface area contributed by atoms with Gasteiger partial charge in [0.05, 0.1) is 49.1 Å². The summed E-state index contributed by atoms with van der Waals surface area (Å²) >= 11 is 0. The lowest BCUT2D eigenvalue weighted by atomic mass is 9.91. The molecule has 0 saturated carbocycles. The number of rotatable bonds is 35. The molecule has 0 spiro atoms. The molecule has 602 valence electrons. The summed E-state index contributed by atoms with van der Waals surface area (Å²) in [5, 5.41) is 0. The first-order valence-corrected chi connectivity index (χ1v) is 41.8. The van der Waals surface area contributed by atoms with Gasteiger partial charge >= 0.3 is 0 Å². The minimum Gasteiger partial charge on any atom is -0.497 e. The number of nitrogens with zero attached hydrogens (tertiary/aromatic N) is 12. The Morgan fingerprint density at radius 3 is 0.936 bits per heavy atom. The molecule has 0 bridgehead atoms. The standard InChI is InChI=1S/2C27H40N4O4S.C15H24N2O5S.C11H17N3/c2*1-21-18-26(35-5)19-22(2)27(21)36(33,34)30(4)17-16-29(3)20-25(32)7-6-23-10-14-31(15-11-23)24-8-12-28-13-9-24;1-12-8-14(21-5)9-13(2)15(12)23(19,20)17(4)7-6-16(3)10-22-11-18;12-9-10-3-7-14(8-4-10)11-1-5-13-6-2-11/h2*8-9,12-13,18-19,23H,6-7,10-11,14-17,20H2,1-5H3;8-9,11H,6-7,10H2,1-5H3;1-2,5-6,10H,3-4,7-9,12H2. The number of likely N-dealkylation sites (N-methyl/N-ethyl adjacent to an activating group) is 6. The quantitative estimate of drug-likeness (QED) is 0.0286. The van der Waals surface area contributed by atoms with Crippen LogP contribution < -0.4 is 34.6 Å². The molecule has 0 amide bonds. The van der Waals surface area contributed by atoms with Gasteiger partial charge in [-0.3, -0.25) is 44.0 Å². The van der Waals surface area contributed by atoms with Crippen molar-refractivity contribution in [2.75, 3.05) is 183 Å². The first kappa shape index (κ1) is 90.2. The number of methoxy groups -OCH3 is 3. The summed E-state index contributed by atoms with van der Waals surface area (Å²) in [6.45, 7) is 21.2. The smallest absolute Gasteiger partial charge is 0.294 e. The van der Waals surface area contributed by atoms with Crippen molar-refractivity contribution in [1.82, 2.24) is 42.6 Å². The van der Waals surface area contributed by atoms with Crippen molar-refractivity contribution in [1.29, 1.82) is 0 Å². The van der Waals surface area contributed by atoms with Crippen LogP contribution in [0.4, 0.5) is 17.1 Å². The van der Waals surface area contributed by atoms with E-state index in [-0.39, 0.29) is 24.8 Å². The number of anilines is 3. The van der Waals surface area contributed by atoms with Gasteiger partial charge in [0.25, 0.3) is 6.47 Å². The predicted octanol–water partition coefficient (Wildman–Crippen LogP) is 9.30. The molecule has 9 rings (SSSR count). The third-order valence-corrected chi connectivity index (χ3v) is 27.1. The highest BCUT2D eigenvalue weighted by atomic mass is 32.2. The molecular weight excluding hydrogens is 1450 g/mol. The van der Waals surface area contributed by atoms with Gasteiger partial charge in [-0.05, 0) is 245 Å². The zero-order chi connectivity index (χ0) is 80.0. The Bertz CT molecular complexity index is 3900. The van der Waals surface area contributed by atoms with E-state index in [1.807, 2.05) is 85.3 Å². The van der Waals surface area contributed by atoms with Gasteiger partial charge in [-0.15, -0.1) is 0 Å². The molecule has 3 aromatic carbocycles. The summed E-state index contributed by atoms with van der Waals surface area (Å²) in [5.41, 5.74) is 13.3. The highest BCUT2D eigenvalue weighted by Crippen LogP contribution is 2.33. The summed E-state index contributed by atoms with van der Waals surface area (Å²) in [6.07, 6.45) is 20.8. The van der Waals surface area contributed by atoms with Crippen molar-refractivity contribution in [3.63, 3.8) is 0 Å². The van der Waals surface area contributed by atoms with E-state index in [4.69, 9.17) is 19.9 Å².